The highest BCUT2D eigenvalue weighted by Gasteiger charge is 2.36. The Morgan fingerprint density at radius 1 is 1.12 bits per heavy atom. The number of thiophene rings is 1. The molecule has 2 heterocycles. The summed E-state index contributed by atoms with van der Waals surface area (Å²) in [5.41, 5.74) is 7.05. The zero-order valence-electron chi connectivity index (χ0n) is 19.9. The van der Waals surface area contributed by atoms with Crippen LogP contribution in [0.4, 0.5) is 9.39 Å². The molecule has 1 saturated heterocycles. The highest BCUT2D eigenvalue weighted by molar-refractivity contribution is 7.17. The van der Waals surface area contributed by atoms with E-state index in [9.17, 15) is 18.8 Å². The van der Waals surface area contributed by atoms with Crippen LogP contribution in [0.3, 0.4) is 0 Å². The first kappa shape index (κ1) is 24.4. The first-order chi connectivity index (χ1) is 16.1. The standard InChI is InChI=1S/C26H32FN3O3S/c1-26(2,3)16-8-9-18-20(14-16)34-24(29-23(32)17-6-4-5-7-19(17)27)21(18)25(33)30-12-10-15(11-13-30)22(28)31/h4-7,15-16H,8-14H2,1-3H3,(H2,28,31)(H,29,32)/t16-/m1/s1. The van der Waals surface area contributed by atoms with Gasteiger partial charge in [0.15, 0.2) is 0 Å². The van der Waals surface area contributed by atoms with Gasteiger partial charge in [-0.1, -0.05) is 32.9 Å². The molecule has 1 fully saturated rings. The molecule has 2 aromatic rings. The van der Waals surface area contributed by atoms with E-state index < -0.39 is 11.7 Å². The number of carbonyl (C=O) groups is 3. The van der Waals surface area contributed by atoms with E-state index >= 15 is 0 Å². The molecule has 1 aliphatic heterocycles. The van der Waals surface area contributed by atoms with Crippen molar-refractivity contribution in [3.8, 4) is 0 Å². The fourth-order valence-corrected chi connectivity index (χ4v) is 6.29. The monoisotopic (exact) mass is 485 g/mol. The molecule has 182 valence electrons. The van der Waals surface area contributed by atoms with Crippen LogP contribution >= 0.6 is 11.3 Å². The number of fused-ring (bicyclic) bond motifs is 1. The maximum Gasteiger partial charge on any atom is 0.259 e. The Labute approximate surface area is 203 Å². The predicted octanol–water partition coefficient (Wildman–Crippen LogP) is 4.63. The number of halogens is 1. The minimum absolute atomic E-state index is 0.0536. The van der Waals surface area contributed by atoms with Gasteiger partial charge in [-0.25, -0.2) is 4.39 Å². The van der Waals surface area contributed by atoms with E-state index in [0.29, 0.717) is 42.4 Å². The molecule has 0 unspecified atom stereocenters. The third-order valence-electron chi connectivity index (χ3n) is 7.23. The Kier molecular flexibility index (Phi) is 6.80. The van der Waals surface area contributed by atoms with Crippen LogP contribution in [0.2, 0.25) is 0 Å². The van der Waals surface area contributed by atoms with E-state index in [4.69, 9.17) is 5.73 Å². The molecule has 34 heavy (non-hydrogen) atoms. The number of nitrogens with one attached hydrogen (secondary N) is 1. The number of likely N-dealkylation sites (tertiary alicyclic amines) is 1. The molecule has 1 aromatic carbocycles. The summed E-state index contributed by atoms with van der Waals surface area (Å²) < 4.78 is 14.2. The van der Waals surface area contributed by atoms with E-state index in [-0.39, 0.29) is 28.7 Å². The molecular formula is C26H32FN3O3S. The minimum atomic E-state index is -0.601. The summed E-state index contributed by atoms with van der Waals surface area (Å²) in [6.07, 6.45) is 3.66. The Bertz CT molecular complexity index is 1110. The molecule has 0 radical (unpaired) electrons. The third-order valence-corrected chi connectivity index (χ3v) is 8.40. The normalized spacial score (nSPS) is 18.9. The molecule has 1 aromatic heterocycles. The number of rotatable bonds is 4. The van der Waals surface area contributed by atoms with Crippen LogP contribution in [0, 0.1) is 23.1 Å². The van der Waals surface area contributed by atoms with Gasteiger partial charge in [0.1, 0.15) is 10.8 Å². The molecule has 0 spiro atoms. The maximum absolute atomic E-state index is 14.2. The summed E-state index contributed by atoms with van der Waals surface area (Å²) in [6.45, 7) is 7.58. The van der Waals surface area contributed by atoms with Crippen LogP contribution in [-0.4, -0.2) is 35.7 Å². The average Bonchev–Trinajstić information content (AvgIpc) is 3.15. The molecule has 8 heteroatoms. The third kappa shape index (κ3) is 4.87. The second kappa shape index (κ2) is 9.49. The quantitative estimate of drug-likeness (QED) is 0.661. The molecule has 2 aliphatic rings. The topological polar surface area (TPSA) is 92.5 Å². The van der Waals surface area contributed by atoms with E-state index in [1.807, 2.05) is 0 Å². The maximum atomic E-state index is 14.2. The summed E-state index contributed by atoms with van der Waals surface area (Å²) in [4.78, 5) is 41.0. The van der Waals surface area contributed by atoms with Crippen molar-refractivity contribution in [2.24, 2.45) is 23.0 Å². The first-order valence-electron chi connectivity index (χ1n) is 11.8. The van der Waals surface area contributed by atoms with Crippen molar-refractivity contribution < 1.29 is 18.8 Å². The van der Waals surface area contributed by atoms with Gasteiger partial charge in [0.05, 0.1) is 11.1 Å². The van der Waals surface area contributed by atoms with Crippen LogP contribution < -0.4 is 11.1 Å². The molecule has 4 rings (SSSR count). The Hall–Kier alpha value is -2.74. The molecule has 3 amide bonds. The number of anilines is 1. The largest absolute Gasteiger partial charge is 0.369 e. The van der Waals surface area contributed by atoms with E-state index in [1.54, 1.807) is 11.0 Å². The average molecular weight is 486 g/mol. The molecular weight excluding hydrogens is 453 g/mol. The van der Waals surface area contributed by atoms with E-state index in [0.717, 1.165) is 29.7 Å². The van der Waals surface area contributed by atoms with Crippen LogP contribution in [0.15, 0.2) is 24.3 Å². The van der Waals surface area contributed by atoms with Crippen molar-refractivity contribution in [3.05, 3.63) is 51.7 Å². The Morgan fingerprint density at radius 2 is 1.79 bits per heavy atom. The highest BCUT2D eigenvalue weighted by atomic mass is 32.1. The Morgan fingerprint density at radius 3 is 2.41 bits per heavy atom. The van der Waals surface area contributed by atoms with Crippen LogP contribution in [0.5, 0.6) is 0 Å². The SMILES string of the molecule is CC(C)(C)[C@@H]1CCc2c(sc(NC(=O)c3ccccc3F)c2C(=O)N2CCC(C(N)=O)CC2)C1. The number of benzene rings is 1. The van der Waals surface area contributed by atoms with Crippen molar-refractivity contribution in [2.45, 2.75) is 52.9 Å². The van der Waals surface area contributed by atoms with Gasteiger partial charge in [-0.3, -0.25) is 14.4 Å². The van der Waals surface area contributed by atoms with Crippen LogP contribution in [0.1, 0.15) is 71.2 Å². The fraction of sp³-hybridized carbons (Fsp3) is 0.500. The number of amides is 3. The summed E-state index contributed by atoms with van der Waals surface area (Å²) in [5.74, 6) is -1.37. The van der Waals surface area contributed by atoms with Gasteiger partial charge in [0.2, 0.25) is 5.91 Å². The number of nitrogens with two attached hydrogens (primary N) is 1. The molecule has 1 atom stereocenters. The number of hydrogen-bond donors (Lipinski definition) is 2. The van der Waals surface area contributed by atoms with Crippen molar-refractivity contribution in [1.82, 2.24) is 4.90 Å². The van der Waals surface area contributed by atoms with Gasteiger partial charge in [0, 0.05) is 23.9 Å². The fourth-order valence-electron chi connectivity index (χ4n) is 4.98. The van der Waals surface area contributed by atoms with E-state index in [1.165, 1.54) is 29.5 Å². The highest BCUT2D eigenvalue weighted by Crippen LogP contribution is 2.45. The van der Waals surface area contributed by atoms with Crippen molar-refractivity contribution in [2.75, 3.05) is 18.4 Å². The lowest BCUT2D eigenvalue weighted by Crippen LogP contribution is -2.42. The van der Waals surface area contributed by atoms with Gasteiger partial charge in [-0.2, -0.15) is 0 Å². The smallest absolute Gasteiger partial charge is 0.259 e. The second-order valence-corrected chi connectivity index (χ2v) is 11.5. The number of hydrogen-bond acceptors (Lipinski definition) is 4. The minimum Gasteiger partial charge on any atom is -0.369 e. The van der Waals surface area contributed by atoms with Crippen molar-refractivity contribution >= 4 is 34.1 Å². The lowest BCUT2D eigenvalue weighted by molar-refractivity contribution is -0.123. The van der Waals surface area contributed by atoms with Gasteiger partial charge >= 0.3 is 0 Å². The number of nitrogens with zero attached hydrogens (tertiary/aromatic N) is 1. The summed E-state index contributed by atoms with van der Waals surface area (Å²) in [5, 5.41) is 3.32. The molecule has 1 aliphatic carbocycles. The number of primary amides is 1. The Balaban J connectivity index is 1.66. The molecule has 0 bridgehead atoms. The molecule has 3 N–H and O–H groups in total. The molecule has 0 saturated carbocycles. The van der Waals surface area contributed by atoms with Crippen LogP contribution in [0.25, 0.3) is 0 Å². The first-order valence-corrected chi connectivity index (χ1v) is 12.7. The number of piperidine rings is 1. The summed E-state index contributed by atoms with van der Waals surface area (Å²) in [6, 6.07) is 5.83. The van der Waals surface area contributed by atoms with Gasteiger partial charge in [-0.15, -0.1) is 11.3 Å². The van der Waals surface area contributed by atoms with Crippen molar-refractivity contribution in [1.29, 1.82) is 0 Å². The van der Waals surface area contributed by atoms with E-state index in [2.05, 4.69) is 26.1 Å². The summed E-state index contributed by atoms with van der Waals surface area (Å²) >= 11 is 1.43. The zero-order valence-corrected chi connectivity index (χ0v) is 20.8. The predicted molar refractivity (Wildman–Crippen MR) is 131 cm³/mol. The zero-order chi connectivity index (χ0) is 24.6. The van der Waals surface area contributed by atoms with Crippen molar-refractivity contribution in [3.63, 3.8) is 0 Å². The number of carbonyl (C=O) groups excluding carboxylic acids is 3. The van der Waals surface area contributed by atoms with Crippen LogP contribution in [-0.2, 0) is 17.6 Å². The van der Waals surface area contributed by atoms with Gasteiger partial charge in [0.25, 0.3) is 11.8 Å². The van der Waals surface area contributed by atoms with Gasteiger partial charge < -0.3 is 16.0 Å². The lowest BCUT2D eigenvalue weighted by atomic mass is 9.72. The second-order valence-electron chi connectivity index (χ2n) is 10.4. The summed E-state index contributed by atoms with van der Waals surface area (Å²) in [7, 11) is 0. The molecule has 6 nitrogen and oxygen atoms in total. The lowest BCUT2D eigenvalue weighted by Gasteiger charge is -2.34. The van der Waals surface area contributed by atoms with Gasteiger partial charge in [-0.05, 0) is 61.1 Å².